The molecule has 0 spiro atoms. The minimum atomic E-state index is -0.525. The van der Waals surface area contributed by atoms with Gasteiger partial charge in [-0.2, -0.15) is 5.26 Å². The Kier molecular flexibility index (Phi) is 9.27. The quantitative estimate of drug-likeness (QED) is 0.251. The van der Waals surface area contributed by atoms with Crippen molar-refractivity contribution in [3.8, 4) is 6.07 Å². The third-order valence-electron chi connectivity index (χ3n) is 6.64. The molecule has 8 heteroatoms. The van der Waals surface area contributed by atoms with Crippen LogP contribution in [0, 0.1) is 24.2 Å². The molecular formula is C27H31ClN4O3. The van der Waals surface area contributed by atoms with E-state index < -0.39 is 5.91 Å². The van der Waals surface area contributed by atoms with Crippen LogP contribution in [-0.4, -0.2) is 43.1 Å². The highest BCUT2D eigenvalue weighted by atomic mass is 35.5. The first-order valence-electron chi connectivity index (χ1n) is 11.9. The van der Waals surface area contributed by atoms with Gasteiger partial charge in [0, 0.05) is 42.3 Å². The molecule has 1 aromatic rings. The Morgan fingerprint density at radius 3 is 2.49 bits per heavy atom. The minimum Gasteiger partial charge on any atom is -0.380 e. The zero-order chi connectivity index (χ0) is 25.4. The summed E-state index contributed by atoms with van der Waals surface area (Å²) in [6.45, 7) is 3.34. The number of aldehydes is 1. The molecule has 0 aromatic heterocycles. The largest absolute Gasteiger partial charge is 0.380 e. The van der Waals surface area contributed by atoms with Crippen LogP contribution in [0.3, 0.4) is 0 Å². The van der Waals surface area contributed by atoms with E-state index in [1.165, 1.54) is 11.6 Å². The van der Waals surface area contributed by atoms with Gasteiger partial charge in [0.1, 0.15) is 18.1 Å². The van der Waals surface area contributed by atoms with Crippen LogP contribution in [0.4, 0.5) is 5.69 Å². The molecule has 184 valence electrons. The Balaban J connectivity index is 1.75. The lowest BCUT2D eigenvalue weighted by Crippen LogP contribution is -2.39. The van der Waals surface area contributed by atoms with Crippen molar-refractivity contribution < 1.29 is 14.4 Å². The van der Waals surface area contributed by atoms with Gasteiger partial charge in [-0.25, -0.2) is 0 Å². The third kappa shape index (κ3) is 6.83. The molecule has 1 aliphatic carbocycles. The van der Waals surface area contributed by atoms with E-state index in [1.807, 2.05) is 24.0 Å². The number of nitrogens with one attached hydrogen (secondary N) is 2. The summed E-state index contributed by atoms with van der Waals surface area (Å²) in [5.41, 5.74) is 3.69. The SMILES string of the molecule is CN/C(C#N)=C\C(=C/C=O)C(=O)Nc1cc(Cl)cc(C=C2CCN(C(=O)C3CCCC3)CC2)c1C. The van der Waals surface area contributed by atoms with Crippen molar-refractivity contribution in [3.05, 3.63) is 57.3 Å². The number of rotatable bonds is 7. The third-order valence-corrected chi connectivity index (χ3v) is 6.86. The van der Waals surface area contributed by atoms with Crippen molar-refractivity contribution in [2.45, 2.75) is 45.4 Å². The Morgan fingerprint density at radius 1 is 1.20 bits per heavy atom. The van der Waals surface area contributed by atoms with Gasteiger partial charge >= 0.3 is 0 Å². The van der Waals surface area contributed by atoms with E-state index >= 15 is 0 Å². The first-order chi connectivity index (χ1) is 16.9. The molecule has 0 unspecified atom stereocenters. The van der Waals surface area contributed by atoms with Crippen LogP contribution >= 0.6 is 11.6 Å². The summed E-state index contributed by atoms with van der Waals surface area (Å²) < 4.78 is 0. The predicted molar refractivity (Wildman–Crippen MR) is 137 cm³/mol. The zero-order valence-corrected chi connectivity index (χ0v) is 21.0. The van der Waals surface area contributed by atoms with Gasteiger partial charge < -0.3 is 15.5 Å². The van der Waals surface area contributed by atoms with Gasteiger partial charge in [0.2, 0.25) is 5.91 Å². The monoisotopic (exact) mass is 494 g/mol. The van der Waals surface area contributed by atoms with Gasteiger partial charge in [0.25, 0.3) is 5.91 Å². The first kappa shape index (κ1) is 26.2. The van der Waals surface area contributed by atoms with E-state index in [-0.39, 0.29) is 17.2 Å². The fraction of sp³-hybridized carbons (Fsp3) is 0.407. The molecule has 7 nitrogen and oxygen atoms in total. The van der Waals surface area contributed by atoms with Crippen molar-refractivity contribution in [1.29, 1.82) is 5.26 Å². The number of hydrogen-bond donors (Lipinski definition) is 2. The molecule has 1 saturated heterocycles. The van der Waals surface area contributed by atoms with E-state index in [0.29, 0.717) is 22.9 Å². The summed E-state index contributed by atoms with van der Waals surface area (Å²) in [7, 11) is 1.56. The Labute approximate surface area is 211 Å². The van der Waals surface area contributed by atoms with Crippen LogP contribution < -0.4 is 10.6 Å². The summed E-state index contributed by atoms with van der Waals surface area (Å²) in [6.07, 6.45) is 11.0. The van der Waals surface area contributed by atoms with E-state index in [9.17, 15) is 14.4 Å². The Morgan fingerprint density at radius 2 is 1.89 bits per heavy atom. The number of hydrogen-bond acceptors (Lipinski definition) is 5. The fourth-order valence-corrected chi connectivity index (χ4v) is 4.79. The van der Waals surface area contributed by atoms with Gasteiger partial charge in [-0.1, -0.05) is 36.1 Å². The molecule has 0 atom stereocenters. The van der Waals surface area contributed by atoms with Gasteiger partial charge in [0.05, 0.1) is 0 Å². The number of allylic oxidation sites excluding steroid dienone is 2. The molecule has 3 rings (SSSR count). The van der Waals surface area contributed by atoms with Crippen LogP contribution in [-0.2, 0) is 14.4 Å². The molecule has 1 aromatic carbocycles. The number of nitriles is 1. The van der Waals surface area contributed by atoms with Crippen LogP contribution in [0.5, 0.6) is 0 Å². The van der Waals surface area contributed by atoms with Gasteiger partial charge in [-0.3, -0.25) is 14.4 Å². The second-order valence-corrected chi connectivity index (χ2v) is 9.35. The Hall–Kier alpha value is -3.37. The number of piperidine rings is 1. The molecule has 2 fully saturated rings. The van der Waals surface area contributed by atoms with Crippen LogP contribution in [0.2, 0.25) is 5.02 Å². The van der Waals surface area contributed by atoms with Crippen molar-refractivity contribution >= 4 is 41.5 Å². The molecule has 0 radical (unpaired) electrons. The van der Waals surface area contributed by atoms with Crippen LogP contribution in [0.25, 0.3) is 6.08 Å². The molecule has 1 heterocycles. The maximum Gasteiger partial charge on any atom is 0.255 e. The number of nitrogens with zero attached hydrogens (tertiary/aromatic N) is 2. The molecule has 35 heavy (non-hydrogen) atoms. The summed E-state index contributed by atoms with van der Waals surface area (Å²) in [5, 5.41) is 15.1. The van der Waals surface area contributed by atoms with E-state index in [1.54, 1.807) is 13.1 Å². The van der Waals surface area contributed by atoms with Crippen molar-refractivity contribution in [2.75, 3.05) is 25.5 Å². The standard InChI is InChI=1S/C27H31ClN4O3/c1-18-22(13-19-7-10-32(11-8-19)27(35)20-5-3-4-6-20)14-23(28)16-25(18)31-26(34)21(9-12-33)15-24(17-29)30-2/h9,12-16,20,30H,3-8,10-11H2,1-2H3,(H,31,34)/b21-9+,24-15-. The van der Waals surface area contributed by atoms with Gasteiger partial charge in [-0.05, 0) is 68.0 Å². The lowest BCUT2D eigenvalue weighted by molar-refractivity contribution is -0.135. The molecule has 0 bridgehead atoms. The lowest BCUT2D eigenvalue weighted by atomic mass is 9.96. The summed E-state index contributed by atoms with van der Waals surface area (Å²) in [5.74, 6) is -0.0217. The summed E-state index contributed by atoms with van der Waals surface area (Å²) in [4.78, 5) is 38.6. The first-order valence-corrected chi connectivity index (χ1v) is 12.3. The van der Waals surface area contributed by atoms with Crippen molar-refractivity contribution in [1.82, 2.24) is 10.2 Å². The van der Waals surface area contributed by atoms with Gasteiger partial charge in [-0.15, -0.1) is 0 Å². The second kappa shape index (κ2) is 12.4. The van der Waals surface area contributed by atoms with Crippen LogP contribution in [0.15, 0.2) is 41.1 Å². The zero-order valence-electron chi connectivity index (χ0n) is 20.2. The highest BCUT2D eigenvalue weighted by molar-refractivity contribution is 6.31. The highest BCUT2D eigenvalue weighted by Gasteiger charge is 2.28. The summed E-state index contributed by atoms with van der Waals surface area (Å²) >= 11 is 6.36. The van der Waals surface area contributed by atoms with Crippen molar-refractivity contribution in [2.24, 2.45) is 5.92 Å². The number of halogens is 1. The number of likely N-dealkylation sites (tertiary alicyclic amines) is 1. The number of carbonyl (C=O) groups is 3. The lowest BCUT2D eigenvalue weighted by Gasteiger charge is -2.30. The van der Waals surface area contributed by atoms with E-state index in [4.69, 9.17) is 16.9 Å². The normalized spacial score (nSPS) is 17.1. The molecule has 2 amide bonds. The molecule has 2 aliphatic rings. The molecule has 1 aliphatic heterocycles. The smallest absolute Gasteiger partial charge is 0.255 e. The number of benzene rings is 1. The van der Waals surface area contributed by atoms with Crippen molar-refractivity contribution in [3.63, 3.8) is 0 Å². The molecular weight excluding hydrogens is 464 g/mol. The summed E-state index contributed by atoms with van der Waals surface area (Å²) in [6, 6.07) is 5.43. The minimum absolute atomic E-state index is 0.0458. The average molecular weight is 495 g/mol. The van der Waals surface area contributed by atoms with Gasteiger partial charge in [0.15, 0.2) is 0 Å². The van der Waals surface area contributed by atoms with Crippen LogP contribution in [0.1, 0.15) is 49.7 Å². The number of carbonyl (C=O) groups excluding carboxylic acids is 3. The Bertz CT molecular complexity index is 1110. The maximum atomic E-state index is 12.8. The highest BCUT2D eigenvalue weighted by Crippen LogP contribution is 2.31. The maximum absolute atomic E-state index is 12.8. The molecule has 2 N–H and O–H groups in total. The second-order valence-electron chi connectivity index (χ2n) is 8.91. The number of amides is 2. The average Bonchev–Trinajstić information content (AvgIpc) is 3.39. The van der Waals surface area contributed by atoms with E-state index in [2.05, 4.69) is 16.7 Å². The molecule has 1 saturated carbocycles. The predicted octanol–water partition coefficient (Wildman–Crippen LogP) is 4.54. The number of anilines is 1. The fourth-order valence-electron chi connectivity index (χ4n) is 4.56. The topological polar surface area (TPSA) is 102 Å². The van der Waals surface area contributed by atoms with E-state index in [0.717, 1.165) is 68.8 Å².